The van der Waals surface area contributed by atoms with E-state index in [1.165, 1.54) is 0 Å². The van der Waals surface area contributed by atoms with Gasteiger partial charge in [-0.25, -0.2) is 4.39 Å². The van der Waals surface area contributed by atoms with E-state index >= 15 is 0 Å². The molecule has 1 rings (SSSR count). The molecule has 7 heteroatoms. The topological polar surface area (TPSA) is 26.0 Å². The lowest BCUT2D eigenvalue weighted by Gasteiger charge is -2.16. The Morgan fingerprint density at radius 3 is 1.87 bits per heavy atom. The average Bonchev–Trinajstić information content (AvgIpc) is 2.10. The second kappa shape index (κ2) is 4.15. The summed E-state index contributed by atoms with van der Waals surface area (Å²) in [6.45, 7) is 0. The Morgan fingerprint density at radius 1 is 1.13 bits per heavy atom. The van der Waals surface area contributed by atoms with Crippen molar-refractivity contribution >= 4 is 23.2 Å². The van der Waals surface area contributed by atoms with Crippen molar-refractivity contribution < 1.29 is 17.6 Å². The normalized spacial score (nSPS) is 14.1. The molecule has 84 valence electrons. The van der Waals surface area contributed by atoms with Gasteiger partial charge in [-0.2, -0.15) is 13.2 Å². The Balaban J connectivity index is 3.17. The van der Waals surface area contributed by atoms with Crippen molar-refractivity contribution in [2.24, 2.45) is 5.73 Å². The van der Waals surface area contributed by atoms with E-state index in [1.54, 1.807) is 0 Å². The van der Waals surface area contributed by atoms with Crippen LogP contribution in [0.4, 0.5) is 17.6 Å². The predicted molar refractivity (Wildman–Crippen MR) is 49.4 cm³/mol. The zero-order valence-electron chi connectivity index (χ0n) is 7.08. The largest absolute Gasteiger partial charge is 0.407 e. The fraction of sp³-hybridized carbons (Fsp3) is 0.250. The molecular weight excluding hydrogens is 257 g/mol. The molecule has 15 heavy (non-hydrogen) atoms. The van der Waals surface area contributed by atoms with Gasteiger partial charge in [-0.1, -0.05) is 23.2 Å². The first kappa shape index (κ1) is 12.5. The van der Waals surface area contributed by atoms with Crippen LogP contribution in [-0.4, -0.2) is 6.18 Å². The third kappa shape index (κ3) is 2.74. The lowest BCUT2D eigenvalue weighted by atomic mass is 10.1. The standard InChI is InChI=1S/C8H5Cl2F4N/c9-4-1-3(2-5(10)6(4)11)7(15)8(12,13)14/h1-2,7H,15H2/t7-/m0/s1. The highest BCUT2D eigenvalue weighted by Gasteiger charge is 2.38. The van der Waals surface area contributed by atoms with E-state index in [0.29, 0.717) is 0 Å². The van der Waals surface area contributed by atoms with Gasteiger partial charge in [0.15, 0.2) is 5.82 Å². The van der Waals surface area contributed by atoms with Crippen molar-refractivity contribution in [3.05, 3.63) is 33.6 Å². The first-order valence-electron chi connectivity index (χ1n) is 3.70. The summed E-state index contributed by atoms with van der Waals surface area (Å²) in [6.07, 6.45) is -4.62. The van der Waals surface area contributed by atoms with Crippen LogP contribution in [0.1, 0.15) is 11.6 Å². The molecule has 0 aromatic heterocycles. The Hall–Kier alpha value is -0.520. The van der Waals surface area contributed by atoms with Crippen molar-refractivity contribution in [2.75, 3.05) is 0 Å². The number of rotatable bonds is 1. The van der Waals surface area contributed by atoms with E-state index < -0.39 is 28.1 Å². The van der Waals surface area contributed by atoms with Crippen LogP contribution in [0.25, 0.3) is 0 Å². The maximum Gasteiger partial charge on any atom is 0.407 e. The fourth-order valence-corrected chi connectivity index (χ4v) is 1.45. The number of hydrogen-bond donors (Lipinski definition) is 1. The zero-order chi connectivity index (χ0) is 11.8. The molecular formula is C8H5Cl2F4N. The van der Waals surface area contributed by atoms with Crippen LogP contribution >= 0.6 is 23.2 Å². The lowest BCUT2D eigenvalue weighted by Crippen LogP contribution is -2.28. The highest BCUT2D eigenvalue weighted by Crippen LogP contribution is 2.34. The summed E-state index contributed by atoms with van der Waals surface area (Å²) in [5, 5.41) is -0.977. The average molecular weight is 262 g/mol. The van der Waals surface area contributed by atoms with Gasteiger partial charge in [0, 0.05) is 0 Å². The van der Waals surface area contributed by atoms with Crippen LogP contribution < -0.4 is 5.73 Å². The van der Waals surface area contributed by atoms with Crippen LogP contribution in [0.15, 0.2) is 12.1 Å². The van der Waals surface area contributed by atoms with Crippen molar-refractivity contribution in [2.45, 2.75) is 12.2 Å². The molecule has 1 atom stereocenters. The van der Waals surface area contributed by atoms with E-state index in [4.69, 9.17) is 28.9 Å². The summed E-state index contributed by atoms with van der Waals surface area (Å²) in [4.78, 5) is 0. The van der Waals surface area contributed by atoms with Crippen molar-refractivity contribution in [1.29, 1.82) is 0 Å². The number of alkyl halides is 3. The SMILES string of the molecule is N[C@@H](c1cc(Cl)c(F)c(Cl)c1)C(F)(F)F. The van der Waals surface area contributed by atoms with Gasteiger partial charge >= 0.3 is 6.18 Å². The predicted octanol–water partition coefficient (Wildman–Crippen LogP) is 3.69. The summed E-state index contributed by atoms with van der Waals surface area (Å²) < 4.78 is 49.5. The van der Waals surface area contributed by atoms with E-state index in [0.717, 1.165) is 12.1 Å². The summed E-state index contributed by atoms with van der Waals surface area (Å²) >= 11 is 10.7. The summed E-state index contributed by atoms with van der Waals surface area (Å²) in [5.41, 5.74) is 4.52. The second-order valence-corrected chi connectivity index (χ2v) is 3.63. The smallest absolute Gasteiger partial charge is 0.316 e. The molecule has 0 aliphatic rings. The van der Waals surface area contributed by atoms with E-state index in [-0.39, 0.29) is 5.56 Å². The molecule has 0 bridgehead atoms. The van der Waals surface area contributed by atoms with Crippen molar-refractivity contribution in [3.8, 4) is 0 Å². The van der Waals surface area contributed by atoms with Gasteiger partial charge in [-0.15, -0.1) is 0 Å². The van der Waals surface area contributed by atoms with Crippen LogP contribution in [-0.2, 0) is 0 Å². The van der Waals surface area contributed by atoms with Gasteiger partial charge in [-0.05, 0) is 17.7 Å². The van der Waals surface area contributed by atoms with Crippen LogP contribution in [0.2, 0.25) is 10.0 Å². The van der Waals surface area contributed by atoms with Crippen molar-refractivity contribution in [1.82, 2.24) is 0 Å². The zero-order valence-corrected chi connectivity index (χ0v) is 8.59. The van der Waals surface area contributed by atoms with Crippen LogP contribution in [0, 0.1) is 5.82 Å². The molecule has 0 spiro atoms. The molecule has 0 aliphatic heterocycles. The molecule has 0 saturated carbocycles. The molecule has 1 aromatic rings. The van der Waals surface area contributed by atoms with Gasteiger partial charge in [0.1, 0.15) is 6.04 Å². The molecule has 1 aromatic carbocycles. The van der Waals surface area contributed by atoms with Crippen LogP contribution in [0.5, 0.6) is 0 Å². The van der Waals surface area contributed by atoms with E-state index in [1.807, 2.05) is 0 Å². The summed E-state index contributed by atoms with van der Waals surface area (Å²) in [6, 6.07) is -0.616. The number of hydrogen-bond acceptors (Lipinski definition) is 1. The van der Waals surface area contributed by atoms with E-state index in [2.05, 4.69) is 0 Å². The number of halogens is 6. The quantitative estimate of drug-likeness (QED) is 0.606. The molecule has 0 amide bonds. The minimum atomic E-state index is -4.62. The molecule has 0 saturated heterocycles. The maximum atomic E-state index is 12.9. The Labute approximate surface area is 92.8 Å². The van der Waals surface area contributed by atoms with Crippen molar-refractivity contribution in [3.63, 3.8) is 0 Å². The van der Waals surface area contributed by atoms with Gasteiger partial charge < -0.3 is 5.73 Å². The maximum absolute atomic E-state index is 12.9. The fourth-order valence-electron chi connectivity index (χ4n) is 0.944. The third-order valence-corrected chi connectivity index (χ3v) is 2.27. The number of benzene rings is 1. The molecule has 0 aliphatic carbocycles. The summed E-state index contributed by atoms with van der Waals surface area (Å²) in [7, 11) is 0. The molecule has 1 nitrogen and oxygen atoms in total. The molecule has 0 fully saturated rings. The van der Waals surface area contributed by atoms with Gasteiger partial charge in [-0.3, -0.25) is 0 Å². The Bertz CT molecular complexity index is 354. The first-order valence-corrected chi connectivity index (χ1v) is 4.46. The highest BCUT2D eigenvalue weighted by molar-refractivity contribution is 6.35. The van der Waals surface area contributed by atoms with E-state index in [9.17, 15) is 17.6 Å². The van der Waals surface area contributed by atoms with Gasteiger partial charge in [0.2, 0.25) is 0 Å². The highest BCUT2D eigenvalue weighted by atomic mass is 35.5. The Morgan fingerprint density at radius 2 is 1.53 bits per heavy atom. The molecule has 0 heterocycles. The van der Waals surface area contributed by atoms with Crippen LogP contribution in [0.3, 0.4) is 0 Å². The molecule has 2 N–H and O–H groups in total. The molecule has 0 radical (unpaired) electrons. The monoisotopic (exact) mass is 261 g/mol. The summed E-state index contributed by atoms with van der Waals surface area (Å²) in [5.74, 6) is -0.962. The third-order valence-electron chi connectivity index (χ3n) is 1.72. The van der Waals surface area contributed by atoms with Gasteiger partial charge in [0.05, 0.1) is 10.0 Å². The molecule has 0 unspecified atom stereocenters. The number of nitrogens with two attached hydrogens (primary N) is 1. The Kier molecular flexibility index (Phi) is 3.48. The lowest BCUT2D eigenvalue weighted by molar-refractivity contribution is -0.149. The second-order valence-electron chi connectivity index (χ2n) is 2.82. The first-order chi connectivity index (χ1) is 6.73. The minimum absolute atomic E-state index is 0.376. The minimum Gasteiger partial charge on any atom is -0.316 e. The van der Waals surface area contributed by atoms with Gasteiger partial charge in [0.25, 0.3) is 0 Å².